The lowest BCUT2D eigenvalue weighted by atomic mass is 9.98. The van der Waals surface area contributed by atoms with Gasteiger partial charge in [0.25, 0.3) is 0 Å². The summed E-state index contributed by atoms with van der Waals surface area (Å²) >= 11 is 0. The molecule has 262 valence electrons. The van der Waals surface area contributed by atoms with Crippen molar-refractivity contribution in [3.8, 4) is 55.9 Å². The molecule has 0 radical (unpaired) electrons. The molecule has 56 heavy (non-hydrogen) atoms. The zero-order valence-electron chi connectivity index (χ0n) is 30.5. The third kappa shape index (κ3) is 5.32. The van der Waals surface area contributed by atoms with E-state index >= 15 is 0 Å². The second kappa shape index (κ2) is 13.1. The number of hydrogen-bond donors (Lipinski definition) is 0. The van der Waals surface area contributed by atoms with Crippen LogP contribution in [0.2, 0.25) is 0 Å². The van der Waals surface area contributed by atoms with Gasteiger partial charge in [-0.05, 0) is 105 Å². The van der Waals surface area contributed by atoms with Crippen molar-refractivity contribution in [2.45, 2.75) is 0 Å². The number of fused-ring (bicyclic) bond motifs is 6. The van der Waals surface area contributed by atoms with Crippen LogP contribution in [0.4, 0.5) is 0 Å². The maximum atomic E-state index is 4.54. The van der Waals surface area contributed by atoms with E-state index in [1.807, 2.05) is 12.4 Å². The molecular weight excluding hydrogens is 679 g/mol. The highest BCUT2D eigenvalue weighted by Gasteiger charge is 2.16. The van der Waals surface area contributed by atoms with Gasteiger partial charge in [0.1, 0.15) is 0 Å². The maximum absolute atomic E-state index is 4.54. The molecule has 0 N–H and O–H groups in total. The highest BCUT2D eigenvalue weighted by atomic mass is 15.0. The van der Waals surface area contributed by atoms with E-state index in [4.69, 9.17) is 0 Å². The van der Waals surface area contributed by atoms with Gasteiger partial charge in [-0.15, -0.1) is 0 Å². The fourth-order valence-electron chi connectivity index (χ4n) is 8.50. The van der Waals surface area contributed by atoms with Crippen LogP contribution in [-0.2, 0) is 0 Å². The molecule has 0 bridgehead atoms. The highest BCUT2D eigenvalue weighted by molar-refractivity contribution is 6.11. The van der Waals surface area contributed by atoms with Gasteiger partial charge >= 0.3 is 0 Å². The van der Waals surface area contributed by atoms with Gasteiger partial charge in [-0.2, -0.15) is 0 Å². The molecule has 0 spiro atoms. The van der Waals surface area contributed by atoms with Crippen molar-refractivity contribution >= 4 is 43.6 Å². The number of benzene rings is 8. The molecule has 11 aromatic rings. The summed E-state index contributed by atoms with van der Waals surface area (Å²) in [5.74, 6) is 0. The molecule has 0 saturated carbocycles. The van der Waals surface area contributed by atoms with Crippen LogP contribution in [0.15, 0.2) is 213 Å². The van der Waals surface area contributed by atoms with Crippen LogP contribution in [0.1, 0.15) is 0 Å². The predicted octanol–water partition coefficient (Wildman–Crippen LogP) is 13.9. The molecule has 0 aliphatic carbocycles. The van der Waals surface area contributed by atoms with Crippen LogP contribution in [0.3, 0.4) is 0 Å². The van der Waals surface area contributed by atoms with E-state index in [9.17, 15) is 0 Å². The van der Waals surface area contributed by atoms with Gasteiger partial charge in [0.05, 0.1) is 28.3 Å². The zero-order chi connectivity index (χ0) is 37.0. The summed E-state index contributed by atoms with van der Waals surface area (Å²) in [4.78, 5) is 4.54. The Hall–Kier alpha value is -7.49. The molecule has 0 atom stereocenters. The van der Waals surface area contributed by atoms with Gasteiger partial charge < -0.3 is 9.13 Å². The summed E-state index contributed by atoms with van der Waals surface area (Å²) < 4.78 is 4.72. The van der Waals surface area contributed by atoms with E-state index in [1.165, 1.54) is 77.1 Å². The molecule has 0 amide bonds. The summed E-state index contributed by atoms with van der Waals surface area (Å²) in [6.45, 7) is 0. The number of hydrogen-bond acceptors (Lipinski definition) is 1. The van der Waals surface area contributed by atoms with Crippen LogP contribution in [0, 0.1) is 0 Å². The Kier molecular flexibility index (Phi) is 7.49. The maximum Gasteiger partial charge on any atom is 0.0724 e. The van der Waals surface area contributed by atoms with E-state index in [0.717, 1.165) is 22.4 Å². The van der Waals surface area contributed by atoms with Gasteiger partial charge in [0.2, 0.25) is 0 Å². The Labute approximate surface area is 325 Å². The molecule has 8 aromatic carbocycles. The number of aromatic nitrogens is 3. The van der Waals surface area contributed by atoms with Gasteiger partial charge in [-0.3, -0.25) is 4.98 Å². The lowest BCUT2D eigenvalue weighted by molar-refractivity contribution is 1.17. The fourth-order valence-corrected chi connectivity index (χ4v) is 8.50. The molecule has 3 aromatic heterocycles. The normalized spacial score (nSPS) is 11.6. The summed E-state index contributed by atoms with van der Waals surface area (Å²) in [5, 5.41) is 4.91. The molecule has 11 rings (SSSR count). The number of rotatable bonds is 6. The molecular formula is C53H35N3. The quantitative estimate of drug-likeness (QED) is 0.168. The van der Waals surface area contributed by atoms with Crippen LogP contribution < -0.4 is 0 Å². The molecule has 0 saturated heterocycles. The summed E-state index contributed by atoms with van der Waals surface area (Å²) in [7, 11) is 0. The monoisotopic (exact) mass is 713 g/mol. The summed E-state index contributed by atoms with van der Waals surface area (Å²) in [6.07, 6.45) is 3.87. The summed E-state index contributed by atoms with van der Waals surface area (Å²) in [6, 6.07) is 72.4. The molecule has 0 aliphatic heterocycles. The average Bonchev–Trinajstić information content (AvgIpc) is 3.79. The fraction of sp³-hybridized carbons (Fsp3) is 0. The second-order valence-electron chi connectivity index (χ2n) is 14.5. The van der Waals surface area contributed by atoms with Crippen molar-refractivity contribution in [1.82, 2.24) is 14.1 Å². The minimum atomic E-state index is 1.10. The van der Waals surface area contributed by atoms with Crippen molar-refractivity contribution in [3.63, 3.8) is 0 Å². The topological polar surface area (TPSA) is 22.8 Å². The Bertz CT molecular complexity index is 3210. The lowest BCUT2D eigenvalue weighted by Gasteiger charge is -2.11. The Morgan fingerprint density at radius 1 is 0.268 bits per heavy atom. The molecule has 0 fully saturated rings. The van der Waals surface area contributed by atoms with E-state index in [2.05, 4.69) is 214 Å². The SMILES string of the molecule is c1ccc(-c2ccc(-n3c4ccccc4c4cc(-c5ccc(-c6ccc7c(c6)c6ccncc6n7-c6cccc(-c7ccccc7)c6)cc5)ccc43)cc2)cc1. The van der Waals surface area contributed by atoms with Crippen molar-refractivity contribution in [1.29, 1.82) is 0 Å². The Morgan fingerprint density at radius 3 is 1.38 bits per heavy atom. The first-order chi connectivity index (χ1) is 27.8. The van der Waals surface area contributed by atoms with Gasteiger partial charge in [0, 0.05) is 39.1 Å². The summed E-state index contributed by atoms with van der Waals surface area (Å²) in [5.41, 5.74) is 16.6. The smallest absolute Gasteiger partial charge is 0.0724 e. The Balaban J connectivity index is 0.946. The van der Waals surface area contributed by atoms with E-state index in [-0.39, 0.29) is 0 Å². The second-order valence-corrected chi connectivity index (χ2v) is 14.5. The van der Waals surface area contributed by atoms with Gasteiger partial charge in [-0.1, -0.05) is 140 Å². The molecule has 3 nitrogen and oxygen atoms in total. The van der Waals surface area contributed by atoms with Crippen molar-refractivity contribution in [3.05, 3.63) is 213 Å². The van der Waals surface area contributed by atoms with E-state index in [1.54, 1.807) is 0 Å². The molecule has 0 unspecified atom stereocenters. The molecule has 3 heterocycles. The van der Waals surface area contributed by atoms with E-state index in [0.29, 0.717) is 0 Å². The lowest BCUT2D eigenvalue weighted by Crippen LogP contribution is -1.94. The minimum Gasteiger partial charge on any atom is -0.309 e. The van der Waals surface area contributed by atoms with Crippen molar-refractivity contribution in [2.24, 2.45) is 0 Å². The van der Waals surface area contributed by atoms with Gasteiger partial charge in [0.15, 0.2) is 0 Å². The molecule has 3 heteroatoms. The first-order valence-corrected chi connectivity index (χ1v) is 19.1. The number of pyridine rings is 1. The highest BCUT2D eigenvalue weighted by Crippen LogP contribution is 2.38. The van der Waals surface area contributed by atoms with Crippen molar-refractivity contribution in [2.75, 3.05) is 0 Å². The van der Waals surface area contributed by atoms with Crippen LogP contribution in [0.5, 0.6) is 0 Å². The molecule has 0 aliphatic rings. The minimum absolute atomic E-state index is 1.10. The van der Waals surface area contributed by atoms with E-state index < -0.39 is 0 Å². The van der Waals surface area contributed by atoms with Crippen molar-refractivity contribution < 1.29 is 0 Å². The van der Waals surface area contributed by atoms with Gasteiger partial charge in [-0.25, -0.2) is 0 Å². The largest absolute Gasteiger partial charge is 0.309 e. The Morgan fingerprint density at radius 2 is 0.714 bits per heavy atom. The van der Waals surface area contributed by atoms with Crippen LogP contribution >= 0.6 is 0 Å². The number of nitrogens with zero attached hydrogens (tertiary/aromatic N) is 3. The standard InChI is InChI=1S/C53H35N3/c1-3-10-36(11-4-1)38-22-26-44(27-23-38)55-50-17-8-7-16-46(50)48-33-42(24-28-51(48)55)39-18-20-40(21-19-39)43-25-29-52-49(34-43)47-30-31-54-35-53(47)56(52)45-15-9-14-41(32-45)37-12-5-2-6-13-37/h1-35H. The van der Waals surface area contributed by atoms with Crippen LogP contribution in [0.25, 0.3) is 99.5 Å². The first kappa shape index (κ1) is 32.0. The zero-order valence-corrected chi connectivity index (χ0v) is 30.5. The predicted molar refractivity (Wildman–Crippen MR) is 235 cm³/mol. The third-order valence-electron chi connectivity index (χ3n) is 11.2. The first-order valence-electron chi connectivity index (χ1n) is 19.1. The van der Waals surface area contributed by atoms with Crippen LogP contribution in [-0.4, -0.2) is 14.1 Å². The average molecular weight is 714 g/mol. The number of para-hydroxylation sites is 1. The third-order valence-corrected chi connectivity index (χ3v) is 11.2.